The number of hydrogen-bond donors (Lipinski definition) is 10. The summed E-state index contributed by atoms with van der Waals surface area (Å²) in [7, 11) is 0. The van der Waals surface area contributed by atoms with Gasteiger partial charge in [-0.2, -0.15) is 0 Å². The zero-order valence-electron chi connectivity index (χ0n) is 68.3. The normalized spacial score (nSPS) is 16.2. The van der Waals surface area contributed by atoms with Gasteiger partial charge in [0.25, 0.3) is 17.9 Å². The summed E-state index contributed by atoms with van der Waals surface area (Å²) in [6.07, 6.45) is 24.5. The highest BCUT2D eigenvalue weighted by Gasteiger charge is 2.36. The van der Waals surface area contributed by atoms with Gasteiger partial charge < -0.3 is 51.1 Å². The van der Waals surface area contributed by atoms with Crippen molar-refractivity contribution in [3.63, 3.8) is 0 Å². The third-order valence-electron chi connectivity index (χ3n) is 18.1. The predicted molar refractivity (Wildman–Crippen MR) is 414 cm³/mol. The van der Waals surface area contributed by atoms with Crippen LogP contribution in [0.3, 0.4) is 0 Å². The largest absolute Gasteiger partial charge is 0.481 e. The number of aryl methyl sites for hydroxylation is 4. The van der Waals surface area contributed by atoms with Gasteiger partial charge in [0.1, 0.15) is 0 Å². The molecule has 2 aromatic carbocycles. The Balaban J connectivity index is -0.000000133. The van der Waals surface area contributed by atoms with E-state index in [1.165, 1.54) is 67.2 Å². The van der Waals surface area contributed by atoms with Crippen molar-refractivity contribution in [2.45, 2.75) is 321 Å². The molecule has 0 saturated heterocycles. The summed E-state index contributed by atoms with van der Waals surface area (Å²) in [5.74, 6) is -4.82. The van der Waals surface area contributed by atoms with E-state index in [0.717, 1.165) is 122 Å². The maximum absolute atomic E-state index is 11.1. The Morgan fingerprint density at radius 2 is 0.706 bits per heavy atom. The van der Waals surface area contributed by atoms with E-state index in [1.807, 2.05) is 69.2 Å². The van der Waals surface area contributed by atoms with Crippen LogP contribution in [0.15, 0.2) is 48.5 Å². The minimum absolute atomic E-state index is 0.0660. The summed E-state index contributed by atoms with van der Waals surface area (Å²) in [6, 6.07) is 17.3. The monoisotopic (exact) mass is 1460 g/mol. The fourth-order valence-corrected chi connectivity index (χ4v) is 9.46. The zero-order chi connectivity index (χ0) is 81.9. The van der Waals surface area contributed by atoms with Crippen LogP contribution in [-0.2, 0) is 60.8 Å². The lowest BCUT2D eigenvalue weighted by Gasteiger charge is -2.34. The first-order chi connectivity index (χ1) is 47.3. The van der Waals surface area contributed by atoms with Crippen molar-refractivity contribution in [3.8, 4) is 0 Å². The average molecular weight is 1460 g/mol. The van der Waals surface area contributed by atoms with Gasteiger partial charge in [0, 0.05) is 20.8 Å². The molecule has 6 atom stereocenters. The van der Waals surface area contributed by atoms with Crippen molar-refractivity contribution in [1.82, 2.24) is 0 Å². The number of hydrogen-bond acceptors (Lipinski definition) is 10. The third-order valence-corrected chi connectivity index (χ3v) is 18.1. The van der Waals surface area contributed by atoms with Crippen molar-refractivity contribution in [3.05, 3.63) is 70.8 Å². The minimum atomic E-state index is -0.833. The molecule has 2 aromatic rings. The van der Waals surface area contributed by atoms with Crippen LogP contribution < -0.4 is 0 Å². The first-order valence-electron chi connectivity index (χ1n) is 37.6. The molecule has 2 saturated carbocycles. The highest BCUT2D eigenvalue weighted by Crippen LogP contribution is 2.38. The van der Waals surface area contributed by atoms with Crippen LogP contribution in [0.25, 0.3) is 0 Å². The summed E-state index contributed by atoms with van der Waals surface area (Å²) in [5, 5.41) is 81.7. The molecule has 0 heterocycles. The molecule has 0 aliphatic heterocycles. The molecule has 2 aliphatic carbocycles. The maximum Gasteiger partial charge on any atom is 0.309 e. The van der Waals surface area contributed by atoms with E-state index in [1.54, 1.807) is 27.7 Å². The van der Waals surface area contributed by atoms with E-state index >= 15 is 0 Å². The lowest BCUT2D eigenvalue weighted by Crippen LogP contribution is -2.33. The molecule has 6 unspecified atom stereocenters. The average Bonchev–Trinajstić information content (AvgIpc) is 0.843. The number of carboxylic acids is 10. The molecular formula is C82H150O20. The Hall–Kier alpha value is -6.86. The first-order valence-corrected chi connectivity index (χ1v) is 37.6. The molecule has 2 fully saturated rings. The Morgan fingerprint density at radius 3 is 0.824 bits per heavy atom. The molecule has 20 nitrogen and oxygen atoms in total. The molecule has 10 N–H and O–H groups in total. The van der Waals surface area contributed by atoms with E-state index in [4.69, 9.17) is 65.4 Å². The standard InChI is InChI=1S/C11H20O2.C10H20.C10H14.C8H10.2C7H14O2.3C6H12O2.C5H10O2.3C2H4O2/c1-3-8-6-5-7-9(4-2)10(8)11(12)13;2*1-3-9-5-7-10(4-2)8-6-9;1-7-3-5-8(2)6-4-7;1-4-7(3,5-2)6(8)9;1-3-5-6(4-2)7(8)9;1-4(2)5(3)6(7)8;1-3-4-5(2)6(7)8;1-3-5(4-2)6(7)8;1-3-4(2)5(6)7;3*1-2(3)4/h8-10H,3-7H2,1-2H3,(H,12,13);9-10H,3-8H2,1-2H3;5-8H,3-4H2,1-2H3;3-6H,1-2H3;4-5H2,1-3H3,(H,8,9);6H,3-5H2,1-2H3,(H,8,9);4-5H,1-3H3,(H,7,8);2*5H,3-4H2,1-2H3,(H,7,8);4H,3H2,1-2H3,(H,6,7);3*1H3,(H,3,4). The van der Waals surface area contributed by atoms with Gasteiger partial charge in [-0.25, -0.2) is 0 Å². The Kier molecular flexibility index (Phi) is 82.3. The van der Waals surface area contributed by atoms with E-state index < -0.39 is 65.1 Å². The van der Waals surface area contributed by atoms with Gasteiger partial charge in [0.15, 0.2) is 0 Å². The Morgan fingerprint density at radius 1 is 0.402 bits per heavy atom. The summed E-state index contributed by atoms with van der Waals surface area (Å²) in [4.78, 5) is 99.2. The van der Waals surface area contributed by atoms with Crippen molar-refractivity contribution in [2.75, 3.05) is 0 Å². The Labute approximate surface area is 618 Å². The van der Waals surface area contributed by atoms with Crippen LogP contribution in [0, 0.1) is 84.4 Å². The van der Waals surface area contributed by atoms with Gasteiger partial charge in [-0.15, -0.1) is 0 Å². The number of rotatable bonds is 24. The topological polar surface area (TPSA) is 373 Å². The van der Waals surface area contributed by atoms with Crippen LogP contribution in [0.4, 0.5) is 0 Å². The fourth-order valence-electron chi connectivity index (χ4n) is 9.46. The third kappa shape index (κ3) is 74.3. The SMILES string of the molecule is CC(=O)O.CC(=O)O.CC(=O)O.CC(C)C(C)C(=O)O.CCC(C)(CC)C(=O)O.CCC(C)C(=O)O.CCC(CC)C(=O)O.CCC1CCC(CC)CC1.CCC1CCCC(CC)C1C(=O)O.CCCC(C)C(=O)O.CCCC(CC)C(=O)O.CCc1ccc(CC)cc1.Cc1ccc(C)cc1. The number of benzene rings is 2. The second-order valence-electron chi connectivity index (χ2n) is 26.8. The zero-order valence-corrected chi connectivity index (χ0v) is 68.3. The number of carbonyl (C=O) groups is 10. The smallest absolute Gasteiger partial charge is 0.309 e. The summed E-state index contributed by atoms with van der Waals surface area (Å²) in [5.41, 5.74) is 5.01. The van der Waals surface area contributed by atoms with Crippen molar-refractivity contribution < 1.29 is 99.0 Å². The fraction of sp³-hybridized carbons (Fsp3) is 0.732. The molecule has 0 bridgehead atoms. The first kappa shape index (κ1) is 114. The molecule has 0 radical (unpaired) electrons. The van der Waals surface area contributed by atoms with Gasteiger partial charge in [-0.1, -0.05) is 262 Å². The molecule has 20 heteroatoms. The van der Waals surface area contributed by atoms with E-state index in [9.17, 15) is 33.6 Å². The van der Waals surface area contributed by atoms with Gasteiger partial charge >= 0.3 is 41.8 Å². The molecule has 598 valence electrons. The highest BCUT2D eigenvalue weighted by atomic mass is 16.4. The van der Waals surface area contributed by atoms with Crippen molar-refractivity contribution >= 4 is 59.7 Å². The second kappa shape index (κ2) is 73.9. The van der Waals surface area contributed by atoms with Crippen LogP contribution in [-0.4, -0.2) is 111 Å². The highest BCUT2D eigenvalue weighted by molar-refractivity contribution is 5.74. The van der Waals surface area contributed by atoms with Crippen molar-refractivity contribution in [2.24, 2.45) is 70.5 Å². The van der Waals surface area contributed by atoms with Gasteiger partial charge in [-0.05, 0) is 139 Å². The van der Waals surface area contributed by atoms with Crippen molar-refractivity contribution in [1.29, 1.82) is 0 Å². The van der Waals surface area contributed by atoms with Crippen LogP contribution in [0.1, 0.15) is 316 Å². The maximum atomic E-state index is 11.1. The molecule has 0 amide bonds. The molecule has 0 spiro atoms. The molecule has 102 heavy (non-hydrogen) atoms. The lowest BCUT2D eigenvalue weighted by molar-refractivity contribution is -0.149. The minimum Gasteiger partial charge on any atom is -0.481 e. The molecular weight excluding hydrogens is 1300 g/mol. The molecule has 4 rings (SSSR count). The van der Waals surface area contributed by atoms with Crippen LogP contribution in [0.2, 0.25) is 0 Å². The number of carboxylic acid groups (broad SMARTS) is 10. The van der Waals surface area contributed by atoms with E-state index in [-0.39, 0.29) is 41.4 Å². The summed E-state index contributed by atoms with van der Waals surface area (Å²) in [6.45, 7) is 46.7. The van der Waals surface area contributed by atoms with Gasteiger partial charge in [0.2, 0.25) is 0 Å². The van der Waals surface area contributed by atoms with Gasteiger partial charge in [-0.3, -0.25) is 47.9 Å². The lowest BCUT2D eigenvalue weighted by atomic mass is 9.70. The molecule has 2 aliphatic rings. The summed E-state index contributed by atoms with van der Waals surface area (Å²) < 4.78 is 0. The predicted octanol–water partition coefficient (Wildman–Crippen LogP) is 21.2. The quantitative estimate of drug-likeness (QED) is 0.0467. The van der Waals surface area contributed by atoms with Crippen LogP contribution in [0.5, 0.6) is 0 Å². The second-order valence-corrected chi connectivity index (χ2v) is 26.8. The van der Waals surface area contributed by atoms with E-state index in [0.29, 0.717) is 24.7 Å². The van der Waals surface area contributed by atoms with E-state index in [2.05, 4.69) is 104 Å². The summed E-state index contributed by atoms with van der Waals surface area (Å²) >= 11 is 0. The van der Waals surface area contributed by atoms with Gasteiger partial charge in [0.05, 0.1) is 40.9 Å². The Bertz CT molecular complexity index is 2270. The molecule has 0 aromatic heterocycles. The van der Waals surface area contributed by atoms with Crippen LogP contribution >= 0.6 is 0 Å². The number of aliphatic carboxylic acids is 10.